The van der Waals surface area contributed by atoms with Gasteiger partial charge in [-0.2, -0.15) is 0 Å². The van der Waals surface area contributed by atoms with Gasteiger partial charge < -0.3 is 14.6 Å². The van der Waals surface area contributed by atoms with Gasteiger partial charge in [-0.1, -0.05) is 42.5 Å². The molecule has 0 spiro atoms. The number of carbonyl (C=O) groups is 1. The summed E-state index contributed by atoms with van der Waals surface area (Å²) in [6.07, 6.45) is 1.21. The van der Waals surface area contributed by atoms with Gasteiger partial charge in [-0.15, -0.1) is 0 Å². The molecule has 0 saturated carbocycles. The lowest BCUT2D eigenvalue weighted by Gasteiger charge is -2.25. The average molecular weight is 390 g/mol. The van der Waals surface area contributed by atoms with Gasteiger partial charge in [-0.3, -0.25) is 9.59 Å². The van der Waals surface area contributed by atoms with Crippen LogP contribution in [0.4, 0.5) is 0 Å². The van der Waals surface area contributed by atoms with Crippen LogP contribution in [0.15, 0.2) is 53.3 Å². The quantitative estimate of drug-likeness (QED) is 0.720. The van der Waals surface area contributed by atoms with Gasteiger partial charge in [-0.25, -0.2) is 0 Å². The number of ether oxygens (including phenoxy) is 1. The highest BCUT2D eigenvalue weighted by Gasteiger charge is 2.29. The third-order valence-electron chi connectivity index (χ3n) is 5.72. The Kier molecular flexibility index (Phi) is 5.49. The average Bonchev–Trinajstić information content (AvgIpc) is 3.26. The molecule has 1 aliphatic rings. The molecule has 0 unspecified atom stereocenters. The van der Waals surface area contributed by atoms with E-state index in [2.05, 4.69) is 11.1 Å². The number of H-pyrrole nitrogens is 1. The lowest BCUT2D eigenvalue weighted by molar-refractivity contribution is -0.142. The Morgan fingerprint density at radius 2 is 1.93 bits per heavy atom. The molecule has 1 amide bonds. The number of fused-ring (bicyclic) bond motifs is 1. The molecule has 0 aliphatic carbocycles. The van der Waals surface area contributed by atoms with Crippen LogP contribution < -0.4 is 5.56 Å². The Morgan fingerprint density at radius 3 is 2.66 bits per heavy atom. The standard InChI is InChI=1S/C24H26N2O3/c1-16-10-11-19-13-20(23(27)25-22(19)17(16)2)15-26(14-18-7-4-3-5-8-18)24(28)21-9-6-12-29-21/h3-5,7-8,10-11,13,21H,6,9,12,14-15H2,1-2H3,(H,25,27)/t21-/m1/s1. The van der Waals surface area contributed by atoms with Gasteiger partial charge in [0.25, 0.3) is 11.5 Å². The molecule has 0 bridgehead atoms. The zero-order valence-corrected chi connectivity index (χ0v) is 16.9. The van der Waals surface area contributed by atoms with E-state index in [0.717, 1.165) is 40.4 Å². The summed E-state index contributed by atoms with van der Waals surface area (Å²) in [5, 5.41) is 0.979. The molecule has 1 atom stereocenters. The minimum Gasteiger partial charge on any atom is -0.368 e. The first kappa shape index (κ1) is 19.4. The molecule has 4 rings (SSSR count). The summed E-state index contributed by atoms with van der Waals surface area (Å²) in [5.41, 5.74) is 4.54. The number of benzene rings is 2. The minimum absolute atomic E-state index is 0.0501. The minimum atomic E-state index is -0.414. The van der Waals surface area contributed by atoms with E-state index < -0.39 is 6.10 Å². The Bertz CT molecular complexity index is 1080. The fourth-order valence-corrected chi connectivity index (χ4v) is 3.88. The van der Waals surface area contributed by atoms with Gasteiger partial charge in [0.15, 0.2) is 0 Å². The van der Waals surface area contributed by atoms with E-state index >= 15 is 0 Å². The zero-order valence-electron chi connectivity index (χ0n) is 16.9. The first-order chi connectivity index (χ1) is 14.0. The van der Waals surface area contributed by atoms with Crippen molar-refractivity contribution in [2.45, 2.75) is 45.9 Å². The Labute approximate surface area is 170 Å². The maximum atomic E-state index is 13.1. The maximum Gasteiger partial charge on any atom is 0.253 e. The van der Waals surface area contributed by atoms with Gasteiger partial charge in [-0.05, 0) is 54.8 Å². The third-order valence-corrected chi connectivity index (χ3v) is 5.72. The van der Waals surface area contributed by atoms with E-state index in [9.17, 15) is 9.59 Å². The lowest BCUT2D eigenvalue weighted by atomic mass is 10.0. The van der Waals surface area contributed by atoms with Crippen LogP contribution in [0.25, 0.3) is 10.9 Å². The van der Waals surface area contributed by atoms with Crippen LogP contribution >= 0.6 is 0 Å². The number of aryl methyl sites for hydroxylation is 2. The van der Waals surface area contributed by atoms with Crippen molar-refractivity contribution in [3.8, 4) is 0 Å². The second-order valence-electron chi connectivity index (χ2n) is 7.78. The number of aromatic amines is 1. The van der Waals surface area contributed by atoms with Crippen molar-refractivity contribution >= 4 is 16.8 Å². The zero-order chi connectivity index (χ0) is 20.4. The molecule has 3 aromatic rings. The number of amides is 1. The Hall–Kier alpha value is -2.92. The molecule has 2 heterocycles. The first-order valence-corrected chi connectivity index (χ1v) is 10.1. The third kappa shape index (κ3) is 4.10. The number of hydrogen-bond donors (Lipinski definition) is 1. The van der Waals surface area contributed by atoms with E-state index in [1.165, 1.54) is 0 Å². The molecule has 1 N–H and O–H groups in total. The van der Waals surface area contributed by atoms with Crippen LogP contribution in [0.2, 0.25) is 0 Å². The number of rotatable bonds is 5. The number of carbonyl (C=O) groups excluding carboxylic acids is 1. The summed E-state index contributed by atoms with van der Waals surface area (Å²) in [6, 6.07) is 15.8. The van der Waals surface area contributed by atoms with Crippen molar-refractivity contribution in [1.29, 1.82) is 0 Å². The van der Waals surface area contributed by atoms with E-state index in [1.54, 1.807) is 4.90 Å². The maximum absolute atomic E-state index is 13.1. The molecule has 1 fully saturated rings. The van der Waals surface area contributed by atoms with E-state index in [-0.39, 0.29) is 18.0 Å². The Morgan fingerprint density at radius 1 is 1.14 bits per heavy atom. The normalized spacial score (nSPS) is 16.3. The smallest absolute Gasteiger partial charge is 0.253 e. The second kappa shape index (κ2) is 8.21. The van der Waals surface area contributed by atoms with Crippen LogP contribution in [0.1, 0.15) is 35.1 Å². The summed E-state index contributed by atoms with van der Waals surface area (Å²) in [5.74, 6) is -0.0501. The summed E-state index contributed by atoms with van der Waals surface area (Å²) in [7, 11) is 0. The highest BCUT2D eigenvalue weighted by atomic mass is 16.5. The van der Waals surface area contributed by atoms with Gasteiger partial charge in [0.1, 0.15) is 6.10 Å². The molecule has 150 valence electrons. The van der Waals surface area contributed by atoms with Crippen LogP contribution in [0.5, 0.6) is 0 Å². The van der Waals surface area contributed by atoms with Crippen LogP contribution in [0, 0.1) is 13.8 Å². The van der Waals surface area contributed by atoms with Crippen molar-refractivity contribution in [1.82, 2.24) is 9.88 Å². The fraction of sp³-hybridized carbons (Fsp3) is 0.333. The number of aromatic nitrogens is 1. The number of hydrogen-bond acceptors (Lipinski definition) is 3. The van der Waals surface area contributed by atoms with Gasteiger partial charge in [0.05, 0.1) is 12.1 Å². The number of nitrogens with one attached hydrogen (secondary N) is 1. The van der Waals surface area contributed by atoms with Gasteiger partial charge in [0, 0.05) is 18.7 Å². The lowest BCUT2D eigenvalue weighted by Crippen LogP contribution is -2.39. The molecule has 2 aromatic carbocycles. The summed E-state index contributed by atoms with van der Waals surface area (Å²) >= 11 is 0. The number of nitrogens with zero attached hydrogens (tertiary/aromatic N) is 1. The molecular weight excluding hydrogens is 364 g/mol. The molecule has 1 saturated heterocycles. The SMILES string of the molecule is Cc1ccc2cc(CN(Cc3ccccc3)C(=O)[C@H]3CCCO3)c(=O)[nH]c2c1C. The van der Waals surface area contributed by atoms with Crippen molar-refractivity contribution in [2.24, 2.45) is 0 Å². The van der Waals surface area contributed by atoms with Crippen LogP contribution in [-0.2, 0) is 22.6 Å². The molecule has 1 aliphatic heterocycles. The highest BCUT2D eigenvalue weighted by Crippen LogP contribution is 2.21. The summed E-state index contributed by atoms with van der Waals surface area (Å²) < 4.78 is 5.62. The van der Waals surface area contributed by atoms with Crippen LogP contribution in [0.3, 0.4) is 0 Å². The van der Waals surface area contributed by atoms with Crippen molar-refractivity contribution in [3.63, 3.8) is 0 Å². The van der Waals surface area contributed by atoms with Crippen molar-refractivity contribution in [2.75, 3.05) is 6.61 Å². The van der Waals surface area contributed by atoms with Crippen molar-refractivity contribution in [3.05, 3.63) is 81.1 Å². The van der Waals surface area contributed by atoms with Crippen LogP contribution in [-0.4, -0.2) is 28.5 Å². The first-order valence-electron chi connectivity index (χ1n) is 10.1. The Balaban J connectivity index is 1.67. The molecular formula is C24H26N2O3. The second-order valence-corrected chi connectivity index (χ2v) is 7.78. The monoisotopic (exact) mass is 390 g/mol. The topological polar surface area (TPSA) is 62.4 Å². The van der Waals surface area contributed by atoms with E-state index in [0.29, 0.717) is 18.7 Å². The van der Waals surface area contributed by atoms with Crippen molar-refractivity contribution < 1.29 is 9.53 Å². The highest BCUT2D eigenvalue weighted by molar-refractivity contribution is 5.84. The van der Waals surface area contributed by atoms with Gasteiger partial charge >= 0.3 is 0 Å². The molecule has 29 heavy (non-hydrogen) atoms. The predicted molar refractivity (Wildman–Crippen MR) is 114 cm³/mol. The molecule has 5 nitrogen and oxygen atoms in total. The summed E-state index contributed by atoms with van der Waals surface area (Å²) in [6.45, 7) is 5.36. The predicted octanol–water partition coefficient (Wildman–Crippen LogP) is 3.85. The van der Waals surface area contributed by atoms with Gasteiger partial charge in [0.2, 0.25) is 0 Å². The molecule has 1 aromatic heterocycles. The summed E-state index contributed by atoms with van der Waals surface area (Å²) in [4.78, 5) is 30.7. The van der Waals surface area contributed by atoms with E-state index in [1.807, 2.05) is 56.3 Å². The number of pyridine rings is 1. The molecule has 5 heteroatoms. The molecule has 0 radical (unpaired) electrons. The van der Waals surface area contributed by atoms with E-state index in [4.69, 9.17) is 4.74 Å². The largest absolute Gasteiger partial charge is 0.368 e. The fourth-order valence-electron chi connectivity index (χ4n) is 3.88.